The minimum absolute atomic E-state index is 0.125. The first-order chi connectivity index (χ1) is 17.2. The summed E-state index contributed by atoms with van der Waals surface area (Å²) >= 11 is 0. The average Bonchev–Trinajstić information content (AvgIpc) is 2.86. The van der Waals surface area contributed by atoms with Crippen LogP contribution >= 0.6 is 7.26 Å². The maximum atomic E-state index is 11.2. The van der Waals surface area contributed by atoms with Crippen LogP contribution in [-0.2, 0) is 19.6 Å². The van der Waals surface area contributed by atoms with Crippen LogP contribution in [0.15, 0.2) is 0 Å². The molecule has 1 atom stereocenters. The van der Waals surface area contributed by atoms with Gasteiger partial charge < -0.3 is 4.74 Å². The molecule has 0 radical (unpaired) electrons. The van der Waals surface area contributed by atoms with Crippen LogP contribution in [0.25, 0.3) is 0 Å². The van der Waals surface area contributed by atoms with E-state index in [0.717, 1.165) is 26.4 Å². The molecular weight excluding hydrogens is 491 g/mol. The molecule has 0 spiro atoms. The van der Waals surface area contributed by atoms with Gasteiger partial charge in [-0.05, 0) is 6.42 Å². The predicted molar refractivity (Wildman–Crippen MR) is 162 cm³/mol. The fraction of sp³-hybridized carbons (Fsp3) is 0.966. The molecule has 1 unspecified atom stereocenters. The van der Waals surface area contributed by atoms with Gasteiger partial charge in [-0.15, -0.1) is 0 Å². The fourth-order valence-electron chi connectivity index (χ4n) is 4.94. The monoisotopic (exact) mass is 554 g/mol. The number of ether oxygens (including phenoxy) is 1. The van der Waals surface area contributed by atoms with Crippen LogP contribution in [0.1, 0.15) is 144 Å². The molecule has 0 aromatic rings. The number of esters is 1. The second kappa shape index (κ2) is 25.1. The third-order valence-electron chi connectivity index (χ3n) is 7.39. The van der Waals surface area contributed by atoms with E-state index in [4.69, 9.17) is 4.55 Å². The van der Waals surface area contributed by atoms with Crippen LogP contribution in [0, 0.1) is 0 Å². The number of unbranched alkanes of at least 4 members (excludes halogenated alkanes) is 11. The summed E-state index contributed by atoms with van der Waals surface area (Å²) in [6, 6.07) is 0. The van der Waals surface area contributed by atoms with Crippen molar-refractivity contribution in [3.63, 3.8) is 0 Å². The van der Waals surface area contributed by atoms with E-state index in [2.05, 4.69) is 39.4 Å². The van der Waals surface area contributed by atoms with Crippen molar-refractivity contribution in [3.05, 3.63) is 0 Å². The standard InChI is InChI=1S/C16H37P.C13H26O5S/c1-5-9-13-17(14-10-6-2,15-11-7-3)16-12-8-4;1-3-4-5-6-7-8-9-10-11-12(13(14)18-2)19(15,16)17/h17H,5-16H2,1-4H3;12H,3-11H2,1-2H3,(H,15,16,17). The summed E-state index contributed by atoms with van der Waals surface area (Å²) in [6.07, 6.45) is 26.8. The molecule has 0 aromatic carbocycles. The Kier molecular flexibility index (Phi) is 26.5. The van der Waals surface area contributed by atoms with E-state index in [1.807, 2.05) is 0 Å². The number of rotatable bonds is 23. The van der Waals surface area contributed by atoms with Crippen LogP contribution in [0.3, 0.4) is 0 Å². The van der Waals surface area contributed by atoms with Gasteiger partial charge in [0.2, 0.25) is 0 Å². The van der Waals surface area contributed by atoms with Gasteiger partial charge in [0.05, 0.1) is 7.11 Å². The van der Waals surface area contributed by atoms with Crippen LogP contribution in [0.4, 0.5) is 0 Å². The van der Waals surface area contributed by atoms with E-state index < -0.39 is 28.6 Å². The molecule has 0 aromatic heterocycles. The fourth-order valence-corrected chi connectivity index (χ4v) is 11.7. The van der Waals surface area contributed by atoms with E-state index in [-0.39, 0.29) is 6.42 Å². The molecule has 0 bridgehead atoms. The summed E-state index contributed by atoms with van der Waals surface area (Å²) < 4.78 is 35.4. The van der Waals surface area contributed by atoms with E-state index in [9.17, 15) is 13.2 Å². The normalized spacial score (nSPS) is 13.1. The molecule has 0 aliphatic heterocycles. The number of carbonyl (C=O) groups excluding carboxylic acids is 1. The quantitative estimate of drug-likeness (QED) is 0.0590. The van der Waals surface area contributed by atoms with Crippen LogP contribution in [0.5, 0.6) is 0 Å². The zero-order valence-corrected chi connectivity index (χ0v) is 26.7. The van der Waals surface area contributed by atoms with Gasteiger partial charge in [-0.3, -0.25) is 9.35 Å². The summed E-state index contributed by atoms with van der Waals surface area (Å²) in [7, 11) is -4.12. The Labute approximate surface area is 226 Å². The molecule has 220 valence electrons. The van der Waals surface area contributed by atoms with Gasteiger partial charge in [-0.1, -0.05) is 58.3 Å². The molecule has 0 saturated carbocycles. The van der Waals surface area contributed by atoms with Crippen molar-refractivity contribution in [3.8, 4) is 0 Å². The SMILES string of the molecule is CCCCCCCCCCC(C(=O)OC)S(=O)(=O)O.CCCC[PH](CCCC)(CCCC)CCCC. The molecule has 0 fully saturated rings. The predicted octanol–water partition coefficient (Wildman–Crippen LogP) is 8.88. The van der Waals surface area contributed by atoms with Gasteiger partial charge in [0, 0.05) is 0 Å². The molecule has 0 amide bonds. The molecule has 0 saturated heterocycles. The molecule has 0 heterocycles. The first-order valence-electron chi connectivity index (χ1n) is 15.2. The van der Waals surface area contributed by atoms with Crippen molar-refractivity contribution in [2.24, 2.45) is 0 Å². The van der Waals surface area contributed by atoms with Crippen LogP contribution in [-0.4, -0.2) is 55.9 Å². The summed E-state index contributed by atoms with van der Waals surface area (Å²) in [5.74, 6) is -0.884. The molecule has 36 heavy (non-hydrogen) atoms. The van der Waals surface area contributed by atoms with E-state index in [0.29, 0.717) is 6.42 Å². The van der Waals surface area contributed by atoms with Crippen molar-refractivity contribution in [2.75, 3.05) is 31.8 Å². The Hall–Kier alpha value is -0.190. The van der Waals surface area contributed by atoms with Crippen molar-refractivity contribution in [1.29, 1.82) is 0 Å². The van der Waals surface area contributed by atoms with Gasteiger partial charge in [-0.25, -0.2) is 0 Å². The number of methoxy groups -OCH3 is 1. The van der Waals surface area contributed by atoms with Gasteiger partial charge in [0.15, 0.2) is 5.25 Å². The molecule has 0 rings (SSSR count). The number of carbonyl (C=O) groups is 1. The van der Waals surface area contributed by atoms with Gasteiger partial charge >= 0.3 is 117 Å². The number of hydrogen-bond donors (Lipinski definition) is 1. The van der Waals surface area contributed by atoms with Crippen molar-refractivity contribution in [1.82, 2.24) is 0 Å². The zero-order chi connectivity index (χ0) is 27.7. The molecule has 7 heteroatoms. The van der Waals surface area contributed by atoms with E-state index in [1.54, 1.807) is 24.6 Å². The minimum atomic E-state index is -4.36. The third-order valence-corrected chi connectivity index (χ3v) is 14.2. The zero-order valence-electron chi connectivity index (χ0n) is 24.9. The maximum absolute atomic E-state index is 11.2. The molecule has 0 aliphatic carbocycles. The van der Waals surface area contributed by atoms with E-state index >= 15 is 0 Å². The van der Waals surface area contributed by atoms with Gasteiger partial charge in [0.1, 0.15) is 0 Å². The van der Waals surface area contributed by atoms with Crippen LogP contribution in [0.2, 0.25) is 0 Å². The summed E-state index contributed by atoms with van der Waals surface area (Å²) in [4.78, 5) is 11.2. The van der Waals surface area contributed by atoms with Crippen molar-refractivity contribution >= 4 is 23.3 Å². The Morgan fingerprint density at radius 3 is 1.28 bits per heavy atom. The van der Waals surface area contributed by atoms with E-state index in [1.165, 1.54) is 77.0 Å². The van der Waals surface area contributed by atoms with Crippen LogP contribution < -0.4 is 0 Å². The summed E-state index contributed by atoms with van der Waals surface area (Å²) in [6.45, 7) is 11.6. The summed E-state index contributed by atoms with van der Waals surface area (Å²) in [5, 5.41) is -1.43. The second-order valence-electron chi connectivity index (χ2n) is 10.7. The second-order valence-corrected chi connectivity index (χ2v) is 17.3. The van der Waals surface area contributed by atoms with Crippen molar-refractivity contribution < 1.29 is 22.5 Å². The molecule has 1 N–H and O–H groups in total. The topological polar surface area (TPSA) is 80.7 Å². The van der Waals surface area contributed by atoms with Crippen molar-refractivity contribution in [2.45, 2.75) is 149 Å². The molecule has 0 aliphatic rings. The van der Waals surface area contributed by atoms with Gasteiger partial charge in [-0.2, -0.15) is 8.42 Å². The Morgan fingerprint density at radius 1 is 0.639 bits per heavy atom. The average molecular weight is 555 g/mol. The Bertz CT molecular complexity index is 557. The third kappa shape index (κ3) is 20.8. The Balaban J connectivity index is 0. The molecule has 5 nitrogen and oxygen atoms in total. The van der Waals surface area contributed by atoms with Gasteiger partial charge in [0.25, 0.3) is 10.1 Å². The molecular formula is C29H63O5PS. The first-order valence-corrected chi connectivity index (χ1v) is 19.5. The Morgan fingerprint density at radius 2 is 0.972 bits per heavy atom. The first kappa shape index (κ1) is 38.0. The summed E-state index contributed by atoms with van der Waals surface area (Å²) in [5.41, 5.74) is 0. The number of hydrogen-bond acceptors (Lipinski definition) is 4.